The van der Waals surface area contributed by atoms with Gasteiger partial charge < -0.3 is 19.5 Å². The minimum Gasteiger partial charge on any atom is -0.493 e. The number of nitrogens with one attached hydrogen (secondary N) is 1. The lowest BCUT2D eigenvalue weighted by Gasteiger charge is -2.16. The van der Waals surface area contributed by atoms with Crippen molar-refractivity contribution in [3.63, 3.8) is 0 Å². The highest BCUT2D eigenvalue weighted by molar-refractivity contribution is 6.00. The molecule has 0 bridgehead atoms. The average Bonchev–Trinajstić information content (AvgIpc) is 2.45. The zero-order valence-corrected chi connectivity index (χ0v) is 11.6. The maximum absolute atomic E-state index is 5.49. The second-order valence-corrected chi connectivity index (χ2v) is 3.93. The van der Waals surface area contributed by atoms with Crippen molar-refractivity contribution < 1.29 is 14.2 Å². The van der Waals surface area contributed by atoms with E-state index < -0.39 is 0 Å². The Bertz CT molecular complexity index is 584. The molecule has 0 fully saturated rings. The van der Waals surface area contributed by atoms with Gasteiger partial charge >= 0.3 is 0 Å². The summed E-state index contributed by atoms with van der Waals surface area (Å²) in [5.41, 5.74) is 0. The smallest absolute Gasteiger partial charge is 0.204 e. The van der Waals surface area contributed by atoms with Crippen molar-refractivity contribution in [2.24, 2.45) is 0 Å². The Morgan fingerprint density at radius 1 is 1.11 bits per heavy atom. The molecular formula is C14H18N2O3. The van der Waals surface area contributed by atoms with Gasteiger partial charge in [0.25, 0.3) is 0 Å². The normalized spacial score (nSPS) is 10.3. The fraction of sp³-hybridized carbons (Fsp3) is 0.357. The molecule has 0 aliphatic carbocycles. The highest BCUT2D eigenvalue weighted by Crippen LogP contribution is 2.45. The van der Waals surface area contributed by atoms with Gasteiger partial charge in [-0.3, -0.25) is 0 Å². The average molecular weight is 262 g/mol. The molecule has 1 N–H and O–H groups in total. The van der Waals surface area contributed by atoms with Crippen LogP contribution in [0.4, 0.5) is 5.82 Å². The van der Waals surface area contributed by atoms with Crippen LogP contribution in [0.2, 0.25) is 0 Å². The zero-order chi connectivity index (χ0) is 13.8. The summed E-state index contributed by atoms with van der Waals surface area (Å²) < 4.78 is 16.2. The summed E-state index contributed by atoms with van der Waals surface area (Å²) in [6.45, 7) is 2.80. The molecule has 2 aromatic rings. The maximum Gasteiger partial charge on any atom is 0.204 e. The molecule has 0 unspecified atom stereocenters. The van der Waals surface area contributed by atoms with E-state index in [1.807, 2.05) is 19.1 Å². The van der Waals surface area contributed by atoms with Crippen LogP contribution < -0.4 is 19.5 Å². The van der Waals surface area contributed by atoms with Gasteiger partial charge in [-0.1, -0.05) is 0 Å². The number of anilines is 1. The molecule has 0 saturated heterocycles. The predicted molar refractivity (Wildman–Crippen MR) is 75.6 cm³/mol. The molecule has 19 heavy (non-hydrogen) atoms. The lowest BCUT2D eigenvalue weighted by Crippen LogP contribution is -2.02. The van der Waals surface area contributed by atoms with Crippen molar-refractivity contribution >= 4 is 16.6 Å². The van der Waals surface area contributed by atoms with Gasteiger partial charge in [-0.15, -0.1) is 0 Å². The Balaban J connectivity index is 2.82. The Morgan fingerprint density at radius 3 is 2.42 bits per heavy atom. The van der Waals surface area contributed by atoms with E-state index in [1.165, 1.54) is 0 Å². The van der Waals surface area contributed by atoms with Crippen molar-refractivity contribution in [3.8, 4) is 17.2 Å². The monoisotopic (exact) mass is 262 g/mol. The van der Waals surface area contributed by atoms with E-state index in [-0.39, 0.29) is 0 Å². The number of hydrogen-bond donors (Lipinski definition) is 1. The number of fused-ring (bicyclic) bond motifs is 1. The van der Waals surface area contributed by atoms with Gasteiger partial charge in [-0.25, -0.2) is 4.98 Å². The fourth-order valence-corrected chi connectivity index (χ4v) is 2.11. The van der Waals surface area contributed by atoms with Crippen LogP contribution in [0.5, 0.6) is 17.2 Å². The molecule has 0 spiro atoms. The van der Waals surface area contributed by atoms with Crippen LogP contribution in [0, 0.1) is 0 Å². The van der Waals surface area contributed by atoms with Crippen molar-refractivity contribution in [1.82, 2.24) is 4.98 Å². The molecule has 1 aromatic heterocycles. The summed E-state index contributed by atoms with van der Waals surface area (Å²) >= 11 is 0. The molecule has 0 aliphatic rings. The lowest BCUT2D eigenvalue weighted by atomic mass is 10.1. The lowest BCUT2D eigenvalue weighted by molar-refractivity contribution is 0.327. The Hall–Kier alpha value is -2.17. The first-order chi connectivity index (χ1) is 9.26. The molecule has 0 amide bonds. The van der Waals surface area contributed by atoms with Gasteiger partial charge in [0.1, 0.15) is 5.82 Å². The Kier molecular flexibility index (Phi) is 3.94. The number of benzene rings is 1. The number of methoxy groups -OCH3 is 3. The van der Waals surface area contributed by atoms with Gasteiger partial charge in [0, 0.05) is 12.7 Å². The van der Waals surface area contributed by atoms with Gasteiger partial charge in [0.05, 0.1) is 26.7 Å². The fourth-order valence-electron chi connectivity index (χ4n) is 2.11. The number of rotatable bonds is 5. The molecule has 5 nitrogen and oxygen atoms in total. The molecule has 102 valence electrons. The van der Waals surface area contributed by atoms with Crippen LogP contribution in [-0.4, -0.2) is 32.9 Å². The largest absolute Gasteiger partial charge is 0.493 e. The predicted octanol–water partition coefficient (Wildman–Crippen LogP) is 2.69. The van der Waals surface area contributed by atoms with E-state index in [0.717, 1.165) is 23.1 Å². The van der Waals surface area contributed by atoms with E-state index in [9.17, 15) is 0 Å². The van der Waals surface area contributed by atoms with Gasteiger partial charge in [0.15, 0.2) is 11.5 Å². The SMILES string of the molecule is CCNc1nccc2cc(OC)c(OC)c(OC)c12. The number of nitrogens with zero attached hydrogens (tertiary/aromatic N) is 1. The summed E-state index contributed by atoms with van der Waals surface area (Å²) in [5.74, 6) is 2.61. The van der Waals surface area contributed by atoms with Crippen molar-refractivity contribution in [3.05, 3.63) is 18.3 Å². The highest BCUT2D eigenvalue weighted by atomic mass is 16.5. The molecule has 1 aromatic carbocycles. The topological polar surface area (TPSA) is 52.6 Å². The Morgan fingerprint density at radius 2 is 1.84 bits per heavy atom. The summed E-state index contributed by atoms with van der Waals surface area (Å²) in [6.07, 6.45) is 1.76. The molecule has 0 saturated carbocycles. The van der Waals surface area contributed by atoms with Gasteiger partial charge in [0.2, 0.25) is 5.75 Å². The van der Waals surface area contributed by atoms with Crippen LogP contribution in [0.1, 0.15) is 6.92 Å². The third kappa shape index (κ3) is 2.23. The molecule has 1 heterocycles. The van der Waals surface area contributed by atoms with E-state index in [4.69, 9.17) is 14.2 Å². The van der Waals surface area contributed by atoms with Crippen molar-refractivity contribution in [2.45, 2.75) is 6.92 Å². The number of hydrogen-bond acceptors (Lipinski definition) is 5. The number of pyridine rings is 1. The summed E-state index contributed by atoms with van der Waals surface area (Å²) in [5, 5.41) is 5.11. The molecule has 2 rings (SSSR count). The van der Waals surface area contributed by atoms with Crippen LogP contribution in [-0.2, 0) is 0 Å². The first kappa shape index (κ1) is 13.3. The standard InChI is InChI=1S/C14H18N2O3/c1-5-15-14-11-9(6-7-16-14)8-10(17-2)12(18-3)13(11)19-4/h6-8H,5H2,1-4H3,(H,15,16). The van der Waals surface area contributed by atoms with E-state index >= 15 is 0 Å². The molecule has 0 atom stereocenters. The third-order valence-corrected chi connectivity index (χ3v) is 2.90. The summed E-state index contributed by atoms with van der Waals surface area (Å²) in [6, 6.07) is 3.83. The third-order valence-electron chi connectivity index (χ3n) is 2.90. The first-order valence-electron chi connectivity index (χ1n) is 6.08. The van der Waals surface area contributed by atoms with E-state index in [2.05, 4.69) is 10.3 Å². The summed E-state index contributed by atoms with van der Waals surface area (Å²) in [7, 11) is 4.81. The molecule has 5 heteroatoms. The second-order valence-electron chi connectivity index (χ2n) is 3.93. The van der Waals surface area contributed by atoms with Crippen LogP contribution in [0.3, 0.4) is 0 Å². The van der Waals surface area contributed by atoms with E-state index in [1.54, 1.807) is 27.5 Å². The van der Waals surface area contributed by atoms with Crippen LogP contribution in [0.25, 0.3) is 10.8 Å². The zero-order valence-electron chi connectivity index (χ0n) is 11.6. The second kappa shape index (κ2) is 5.65. The number of ether oxygens (including phenoxy) is 3. The van der Waals surface area contributed by atoms with Crippen LogP contribution >= 0.6 is 0 Å². The maximum atomic E-state index is 5.49. The van der Waals surface area contributed by atoms with E-state index in [0.29, 0.717) is 17.2 Å². The van der Waals surface area contributed by atoms with Crippen LogP contribution in [0.15, 0.2) is 18.3 Å². The quantitative estimate of drug-likeness (QED) is 0.897. The van der Waals surface area contributed by atoms with Gasteiger partial charge in [-0.2, -0.15) is 0 Å². The molecular weight excluding hydrogens is 244 g/mol. The Labute approximate surface area is 112 Å². The summed E-state index contributed by atoms with van der Waals surface area (Å²) in [4.78, 5) is 4.35. The molecule has 0 radical (unpaired) electrons. The van der Waals surface area contributed by atoms with Crippen molar-refractivity contribution in [2.75, 3.05) is 33.2 Å². The minimum absolute atomic E-state index is 0.574. The minimum atomic E-state index is 0.574. The number of aromatic nitrogens is 1. The first-order valence-corrected chi connectivity index (χ1v) is 6.08. The van der Waals surface area contributed by atoms with Gasteiger partial charge in [-0.05, 0) is 24.4 Å². The highest BCUT2D eigenvalue weighted by Gasteiger charge is 2.18. The molecule has 0 aliphatic heterocycles. The van der Waals surface area contributed by atoms with Crippen molar-refractivity contribution in [1.29, 1.82) is 0 Å².